The molecule has 1 rings (SSSR count). The highest BCUT2D eigenvalue weighted by atomic mass is 16.6. The molecule has 0 saturated carbocycles. The smallest absolute Gasteiger partial charge is 0.408 e. The van der Waals surface area contributed by atoms with Crippen LogP contribution >= 0.6 is 0 Å². The lowest BCUT2D eigenvalue weighted by molar-refractivity contribution is -0.143. The number of rotatable bonds is 6. The molecule has 4 amide bonds. The first-order valence-corrected chi connectivity index (χ1v) is 9.94. The molecule has 0 aromatic rings. The third kappa shape index (κ3) is 7.88. The highest BCUT2D eigenvalue weighted by molar-refractivity contribution is 5.91. The van der Waals surface area contributed by atoms with Crippen molar-refractivity contribution in [3.05, 3.63) is 0 Å². The Kier molecular flexibility index (Phi) is 8.87. The third-order valence-electron chi connectivity index (χ3n) is 4.37. The van der Waals surface area contributed by atoms with Gasteiger partial charge in [-0.05, 0) is 46.5 Å². The summed E-state index contributed by atoms with van der Waals surface area (Å²) in [6.45, 7) is 10.8. The Hall–Kier alpha value is -2.36. The summed E-state index contributed by atoms with van der Waals surface area (Å²) in [5.41, 5.74) is 2.21. The van der Waals surface area contributed by atoms with Crippen LogP contribution < -0.4 is 21.4 Å². The molecular formula is C19H35N5O5. The zero-order valence-electron chi connectivity index (χ0n) is 18.4. The molecule has 10 nitrogen and oxygen atoms in total. The van der Waals surface area contributed by atoms with E-state index in [1.807, 2.05) is 0 Å². The Bertz CT molecular complexity index is 617. The predicted molar refractivity (Wildman–Crippen MR) is 108 cm³/mol. The first kappa shape index (κ1) is 24.7. The van der Waals surface area contributed by atoms with Crippen LogP contribution in [0.2, 0.25) is 0 Å². The summed E-state index contributed by atoms with van der Waals surface area (Å²) >= 11 is 0. The first-order chi connectivity index (χ1) is 13.4. The quantitative estimate of drug-likeness (QED) is 0.495. The van der Waals surface area contributed by atoms with E-state index in [-0.39, 0.29) is 17.7 Å². The number of hydrazine groups is 1. The van der Waals surface area contributed by atoms with E-state index in [0.717, 1.165) is 0 Å². The summed E-state index contributed by atoms with van der Waals surface area (Å²) in [5, 5.41) is 9.12. The van der Waals surface area contributed by atoms with Crippen LogP contribution in [0, 0.1) is 5.92 Å². The molecule has 0 spiro atoms. The van der Waals surface area contributed by atoms with Gasteiger partial charge in [-0.25, -0.2) is 10.2 Å². The van der Waals surface area contributed by atoms with Crippen LogP contribution in [0.4, 0.5) is 4.79 Å². The van der Waals surface area contributed by atoms with Crippen LogP contribution in [-0.4, -0.2) is 66.1 Å². The maximum atomic E-state index is 12.7. The van der Waals surface area contributed by atoms with Gasteiger partial charge in [0.15, 0.2) is 0 Å². The minimum atomic E-state index is -0.854. The number of likely N-dealkylation sites (N-methyl/N-ethyl adjacent to an activating group) is 1. The van der Waals surface area contributed by atoms with Gasteiger partial charge in [0.1, 0.15) is 23.7 Å². The maximum absolute atomic E-state index is 12.7. The molecule has 10 heteroatoms. The van der Waals surface area contributed by atoms with Gasteiger partial charge in [0, 0.05) is 13.6 Å². The number of alkyl carbamates (subject to hydrolysis) is 1. The van der Waals surface area contributed by atoms with Crippen molar-refractivity contribution >= 4 is 23.8 Å². The van der Waals surface area contributed by atoms with E-state index in [4.69, 9.17) is 4.74 Å². The average Bonchev–Trinajstić information content (AvgIpc) is 2.63. The zero-order chi connectivity index (χ0) is 22.4. The lowest BCUT2D eigenvalue weighted by atomic mass is 10.0. The van der Waals surface area contributed by atoms with Crippen LogP contribution in [0.3, 0.4) is 0 Å². The fourth-order valence-corrected chi connectivity index (χ4v) is 2.88. The molecule has 1 fully saturated rings. The summed E-state index contributed by atoms with van der Waals surface area (Å²) < 4.78 is 5.21. The molecule has 0 aromatic heterocycles. The SMILES string of the molecule is CNC(=O)[C@@H]1CCCN(C(=O)[C@H](C)NC(=O)C(NC(=O)OC(C)(C)C)C(C)C)N1. The number of carbonyl (C=O) groups excluding carboxylic acids is 4. The van der Waals surface area contributed by atoms with Crippen molar-refractivity contribution in [3.8, 4) is 0 Å². The molecule has 0 aliphatic carbocycles. The molecule has 1 saturated heterocycles. The Balaban J connectivity index is 2.70. The summed E-state index contributed by atoms with van der Waals surface area (Å²) in [5.74, 6) is -1.24. The Morgan fingerprint density at radius 3 is 2.24 bits per heavy atom. The van der Waals surface area contributed by atoms with E-state index >= 15 is 0 Å². The molecule has 1 aliphatic rings. The largest absolute Gasteiger partial charge is 0.444 e. The second-order valence-corrected chi connectivity index (χ2v) is 8.53. The number of amides is 4. The molecule has 1 unspecified atom stereocenters. The normalized spacial score (nSPS) is 19.2. The van der Waals surface area contributed by atoms with Crippen molar-refractivity contribution in [2.45, 2.75) is 78.1 Å². The van der Waals surface area contributed by atoms with E-state index in [0.29, 0.717) is 19.4 Å². The van der Waals surface area contributed by atoms with Crippen molar-refractivity contribution in [1.82, 2.24) is 26.4 Å². The zero-order valence-corrected chi connectivity index (χ0v) is 18.4. The maximum Gasteiger partial charge on any atom is 0.408 e. The standard InChI is InChI=1S/C19H35N5O5/c1-11(2)14(22-18(28)29-19(4,5)6)16(26)21-12(3)17(27)24-10-8-9-13(23-24)15(25)20-7/h11-14,23H,8-10H2,1-7H3,(H,20,25)(H,21,26)(H,22,28)/t12-,13-,14?/m0/s1. The Morgan fingerprint density at radius 1 is 1.10 bits per heavy atom. The van der Waals surface area contributed by atoms with E-state index < -0.39 is 35.7 Å². The average molecular weight is 414 g/mol. The van der Waals surface area contributed by atoms with Crippen molar-refractivity contribution in [3.63, 3.8) is 0 Å². The molecule has 0 aromatic carbocycles. The second-order valence-electron chi connectivity index (χ2n) is 8.53. The minimum Gasteiger partial charge on any atom is -0.444 e. The molecule has 166 valence electrons. The van der Waals surface area contributed by atoms with Gasteiger partial charge >= 0.3 is 6.09 Å². The van der Waals surface area contributed by atoms with Crippen molar-refractivity contribution in [2.24, 2.45) is 5.92 Å². The number of hydrogen-bond acceptors (Lipinski definition) is 6. The van der Waals surface area contributed by atoms with Crippen LogP contribution in [-0.2, 0) is 19.1 Å². The summed E-state index contributed by atoms with van der Waals surface area (Å²) in [7, 11) is 1.54. The molecule has 29 heavy (non-hydrogen) atoms. The van der Waals surface area contributed by atoms with Crippen molar-refractivity contribution < 1.29 is 23.9 Å². The van der Waals surface area contributed by atoms with E-state index in [1.54, 1.807) is 41.5 Å². The fraction of sp³-hybridized carbons (Fsp3) is 0.789. The summed E-state index contributed by atoms with van der Waals surface area (Å²) in [6.07, 6.45) is 0.600. The molecule has 3 atom stereocenters. The van der Waals surface area contributed by atoms with E-state index in [9.17, 15) is 19.2 Å². The first-order valence-electron chi connectivity index (χ1n) is 9.94. The van der Waals surface area contributed by atoms with Crippen LogP contribution in [0.5, 0.6) is 0 Å². The van der Waals surface area contributed by atoms with Gasteiger partial charge < -0.3 is 20.7 Å². The van der Waals surface area contributed by atoms with Crippen LogP contribution in [0.15, 0.2) is 0 Å². The summed E-state index contributed by atoms with van der Waals surface area (Å²) in [4.78, 5) is 49.2. The van der Waals surface area contributed by atoms with Crippen molar-refractivity contribution in [1.29, 1.82) is 0 Å². The molecular weight excluding hydrogens is 378 g/mol. The molecule has 0 bridgehead atoms. The van der Waals surface area contributed by atoms with Crippen LogP contribution in [0.1, 0.15) is 54.4 Å². The van der Waals surface area contributed by atoms with E-state index in [1.165, 1.54) is 12.1 Å². The monoisotopic (exact) mass is 413 g/mol. The lowest BCUT2D eigenvalue weighted by Crippen LogP contribution is -2.61. The fourth-order valence-electron chi connectivity index (χ4n) is 2.88. The number of carbonyl (C=O) groups is 4. The highest BCUT2D eigenvalue weighted by Crippen LogP contribution is 2.11. The van der Waals surface area contributed by atoms with Gasteiger partial charge in [0.25, 0.3) is 5.91 Å². The Labute approximate surface area is 172 Å². The van der Waals surface area contributed by atoms with Gasteiger partial charge in [0.2, 0.25) is 11.8 Å². The summed E-state index contributed by atoms with van der Waals surface area (Å²) in [6, 6.07) is -2.17. The molecule has 1 heterocycles. The second kappa shape index (κ2) is 10.4. The lowest BCUT2D eigenvalue weighted by Gasteiger charge is -2.35. The number of hydrogen-bond donors (Lipinski definition) is 4. The predicted octanol–water partition coefficient (Wildman–Crippen LogP) is 0.282. The minimum absolute atomic E-state index is 0.194. The van der Waals surface area contributed by atoms with Gasteiger partial charge in [-0.1, -0.05) is 13.8 Å². The molecule has 4 N–H and O–H groups in total. The Morgan fingerprint density at radius 2 is 1.72 bits per heavy atom. The number of ether oxygens (including phenoxy) is 1. The number of nitrogens with one attached hydrogen (secondary N) is 4. The van der Waals surface area contributed by atoms with Crippen molar-refractivity contribution in [2.75, 3.05) is 13.6 Å². The molecule has 0 radical (unpaired) electrons. The van der Waals surface area contributed by atoms with Gasteiger partial charge in [-0.2, -0.15) is 0 Å². The van der Waals surface area contributed by atoms with Crippen LogP contribution in [0.25, 0.3) is 0 Å². The van der Waals surface area contributed by atoms with Gasteiger partial charge in [0.05, 0.1) is 0 Å². The number of nitrogens with zero attached hydrogens (tertiary/aromatic N) is 1. The third-order valence-corrected chi connectivity index (χ3v) is 4.37. The van der Waals surface area contributed by atoms with Gasteiger partial charge in [-0.3, -0.25) is 19.4 Å². The van der Waals surface area contributed by atoms with E-state index in [2.05, 4.69) is 21.4 Å². The highest BCUT2D eigenvalue weighted by Gasteiger charge is 2.32. The topological polar surface area (TPSA) is 129 Å². The molecule has 1 aliphatic heterocycles. The van der Waals surface area contributed by atoms with Gasteiger partial charge in [-0.15, -0.1) is 0 Å².